The van der Waals surface area contributed by atoms with E-state index in [0.29, 0.717) is 6.42 Å². The zero-order valence-electron chi connectivity index (χ0n) is 17.6. The lowest BCUT2D eigenvalue weighted by Crippen LogP contribution is -2.47. The number of H-pyrrole nitrogens is 1. The van der Waals surface area contributed by atoms with Crippen LogP contribution < -0.4 is 5.32 Å². The molecule has 1 amide bonds. The van der Waals surface area contributed by atoms with Gasteiger partial charge in [0.1, 0.15) is 5.60 Å². The first kappa shape index (κ1) is 20.6. The van der Waals surface area contributed by atoms with Crippen molar-refractivity contribution in [1.29, 1.82) is 0 Å². The summed E-state index contributed by atoms with van der Waals surface area (Å²) in [6, 6.07) is 6.17. The third-order valence-corrected chi connectivity index (χ3v) is 4.32. The molecule has 2 aromatic heterocycles. The fourth-order valence-corrected chi connectivity index (χ4v) is 3.19. The van der Waals surface area contributed by atoms with Crippen molar-refractivity contribution in [2.75, 3.05) is 0 Å². The highest BCUT2D eigenvalue weighted by Gasteiger charge is 2.26. The van der Waals surface area contributed by atoms with Crippen molar-refractivity contribution in [3.8, 4) is 0 Å². The van der Waals surface area contributed by atoms with E-state index in [1.165, 1.54) is 0 Å². The van der Waals surface area contributed by atoms with Gasteiger partial charge in [-0.3, -0.25) is 9.97 Å². The summed E-state index contributed by atoms with van der Waals surface area (Å²) in [5, 5.41) is 4.10. The number of amides is 1. The molecule has 2 N–H and O–H groups in total. The van der Waals surface area contributed by atoms with Gasteiger partial charge in [-0.15, -0.1) is 0 Å². The summed E-state index contributed by atoms with van der Waals surface area (Å²) in [4.78, 5) is 23.9. The van der Waals surface area contributed by atoms with Gasteiger partial charge >= 0.3 is 6.09 Å². The SMILES string of the molecule is CC(C)(Cc1c[nH]c2c(/C=C/c3cnccn3)cccc12)NC(=O)OC(C)(C)C. The van der Waals surface area contributed by atoms with Crippen LogP contribution in [0.3, 0.4) is 0 Å². The lowest BCUT2D eigenvalue weighted by atomic mass is 9.94. The van der Waals surface area contributed by atoms with Crippen LogP contribution in [0.25, 0.3) is 23.1 Å². The fraction of sp³-hybridized carbons (Fsp3) is 0.348. The summed E-state index contributed by atoms with van der Waals surface area (Å²) < 4.78 is 5.40. The Balaban J connectivity index is 1.79. The Morgan fingerprint density at radius 2 is 1.97 bits per heavy atom. The van der Waals surface area contributed by atoms with Crippen LogP contribution in [0.2, 0.25) is 0 Å². The Bertz CT molecular complexity index is 1010. The first-order chi connectivity index (χ1) is 13.6. The van der Waals surface area contributed by atoms with Crippen LogP contribution in [-0.2, 0) is 11.2 Å². The zero-order chi connectivity index (χ0) is 21.1. The monoisotopic (exact) mass is 392 g/mol. The second-order valence-electron chi connectivity index (χ2n) is 8.73. The highest BCUT2D eigenvalue weighted by molar-refractivity contribution is 5.92. The van der Waals surface area contributed by atoms with Gasteiger partial charge in [-0.1, -0.05) is 24.3 Å². The largest absolute Gasteiger partial charge is 0.444 e. The average Bonchev–Trinajstić information content (AvgIpc) is 3.01. The molecule has 0 aliphatic carbocycles. The minimum absolute atomic E-state index is 0.407. The lowest BCUT2D eigenvalue weighted by molar-refractivity contribution is 0.0472. The van der Waals surface area contributed by atoms with Crippen LogP contribution in [0, 0.1) is 0 Å². The second kappa shape index (κ2) is 8.07. The van der Waals surface area contributed by atoms with Gasteiger partial charge in [0.05, 0.1) is 17.4 Å². The van der Waals surface area contributed by atoms with E-state index in [2.05, 4.69) is 32.4 Å². The maximum absolute atomic E-state index is 12.2. The number of carbonyl (C=O) groups is 1. The van der Waals surface area contributed by atoms with E-state index < -0.39 is 17.2 Å². The molecule has 0 aliphatic rings. The summed E-state index contributed by atoms with van der Waals surface area (Å²) >= 11 is 0. The Morgan fingerprint density at radius 3 is 2.66 bits per heavy atom. The molecule has 6 heteroatoms. The number of hydrogen-bond donors (Lipinski definition) is 2. The lowest BCUT2D eigenvalue weighted by Gasteiger charge is -2.28. The standard InChI is InChI=1S/C23H28N4O2/c1-22(2,3)29-21(28)27-23(4,5)13-17-14-26-20-16(7-6-8-19(17)20)9-10-18-15-24-11-12-25-18/h6-12,14-15,26H,13H2,1-5H3,(H,27,28)/b10-9+. The van der Waals surface area contributed by atoms with Gasteiger partial charge in [-0.2, -0.15) is 0 Å². The minimum Gasteiger partial charge on any atom is -0.444 e. The quantitative estimate of drug-likeness (QED) is 0.642. The van der Waals surface area contributed by atoms with E-state index in [1.807, 2.05) is 59.0 Å². The van der Waals surface area contributed by atoms with Gasteiger partial charge in [0.15, 0.2) is 0 Å². The fourth-order valence-electron chi connectivity index (χ4n) is 3.19. The van der Waals surface area contributed by atoms with E-state index in [4.69, 9.17) is 4.74 Å². The molecule has 3 aromatic rings. The van der Waals surface area contributed by atoms with Crippen LogP contribution in [0.4, 0.5) is 4.79 Å². The van der Waals surface area contributed by atoms with Crippen molar-refractivity contribution in [3.05, 3.63) is 59.8 Å². The Labute approximate surface area is 171 Å². The third kappa shape index (κ3) is 5.67. The van der Waals surface area contributed by atoms with Crippen LogP contribution >= 0.6 is 0 Å². The maximum atomic E-state index is 12.2. The van der Waals surface area contributed by atoms with Gasteiger partial charge in [0, 0.05) is 29.5 Å². The first-order valence-corrected chi connectivity index (χ1v) is 9.67. The summed E-state index contributed by atoms with van der Waals surface area (Å²) in [5.41, 5.74) is 3.08. The van der Waals surface area contributed by atoms with Crippen molar-refractivity contribution >= 4 is 29.1 Å². The minimum atomic E-state index is -0.523. The van der Waals surface area contributed by atoms with Crippen molar-refractivity contribution in [3.63, 3.8) is 0 Å². The smallest absolute Gasteiger partial charge is 0.408 e. The normalized spacial score (nSPS) is 12.4. The van der Waals surface area contributed by atoms with Gasteiger partial charge in [-0.25, -0.2) is 4.79 Å². The molecule has 0 saturated heterocycles. The molecule has 0 atom stereocenters. The molecular formula is C23H28N4O2. The number of nitrogens with one attached hydrogen (secondary N) is 2. The molecule has 6 nitrogen and oxygen atoms in total. The van der Waals surface area contributed by atoms with Crippen LogP contribution in [-0.4, -0.2) is 32.2 Å². The molecule has 3 rings (SSSR count). The Kier molecular flexibility index (Phi) is 5.73. The van der Waals surface area contributed by atoms with Crippen LogP contribution in [0.15, 0.2) is 43.0 Å². The van der Waals surface area contributed by atoms with E-state index in [1.54, 1.807) is 18.6 Å². The molecule has 152 valence electrons. The maximum Gasteiger partial charge on any atom is 0.408 e. The highest BCUT2D eigenvalue weighted by atomic mass is 16.6. The number of para-hydroxylation sites is 1. The van der Waals surface area contributed by atoms with Gasteiger partial charge in [0.2, 0.25) is 0 Å². The molecule has 0 aliphatic heterocycles. The van der Waals surface area contributed by atoms with E-state index in [0.717, 1.165) is 27.7 Å². The Morgan fingerprint density at radius 1 is 1.17 bits per heavy atom. The third-order valence-electron chi connectivity index (χ3n) is 4.32. The number of alkyl carbamates (subject to hydrolysis) is 1. The molecule has 0 fully saturated rings. The summed E-state index contributed by atoms with van der Waals surface area (Å²) in [6.45, 7) is 9.56. The Hall–Kier alpha value is -3.15. The number of carbonyl (C=O) groups excluding carboxylic acids is 1. The molecule has 0 bridgehead atoms. The molecule has 1 aromatic carbocycles. The summed E-state index contributed by atoms with van der Waals surface area (Å²) in [6.07, 6.45) is 11.3. The zero-order valence-corrected chi connectivity index (χ0v) is 17.6. The summed E-state index contributed by atoms with van der Waals surface area (Å²) in [5.74, 6) is 0. The molecular weight excluding hydrogens is 364 g/mol. The number of benzene rings is 1. The number of aromatic nitrogens is 3. The molecule has 0 unspecified atom stereocenters. The topological polar surface area (TPSA) is 79.9 Å². The predicted molar refractivity (Wildman–Crippen MR) is 116 cm³/mol. The van der Waals surface area contributed by atoms with Gasteiger partial charge < -0.3 is 15.0 Å². The highest BCUT2D eigenvalue weighted by Crippen LogP contribution is 2.26. The van der Waals surface area contributed by atoms with Crippen LogP contribution in [0.1, 0.15) is 51.4 Å². The molecule has 0 spiro atoms. The van der Waals surface area contributed by atoms with Gasteiger partial charge in [-0.05, 0) is 58.2 Å². The molecule has 0 radical (unpaired) electrons. The van der Waals surface area contributed by atoms with Crippen LogP contribution in [0.5, 0.6) is 0 Å². The molecule has 29 heavy (non-hydrogen) atoms. The van der Waals surface area contributed by atoms with Crippen molar-refractivity contribution in [1.82, 2.24) is 20.3 Å². The van der Waals surface area contributed by atoms with E-state index in [-0.39, 0.29) is 0 Å². The van der Waals surface area contributed by atoms with E-state index in [9.17, 15) is 4.79 Å². The molecule has 2 heterocycles. The molecule has 0 saturated carbocycles. The number of aromatic amines is 1. The van der Waals surface area contributed by atoms with Crippen molar-refractivity contribution in [2.45, 2.75) is 52.2 Å². The first-order valence-electron chi connectivity index (χ1n) is 9.67. The number of rotatable bonds is 5. The number of hydrogen-bond acceptors (Lipinski definition) is 4. The predicted octanol–water partition coefficient (Wildman–Crippen LogP) is 4.97. The van der Waals surface area contributed by atoms with Gasteiger partial charge in [0.25, 0.3) is 0 Å². The van der Waals surface area contributed by atoms with E-state index >= 15 is 0 Å². The van der Waals surface area contributed by atoms with Crippen molar-refractivity contribution < 1.29 is 9.53 Å². The second-order valence-corrected chi connectivity index (χ2v) is 8.73. The van der Waals surface area contributed by atoms with Crippen molar-refractivity contribution in [2.24, 2.45) is 0 Å². The summed E-state index contributed by atoms with van der Waals surface area (Å²) in [7, 11) is 0. The number of nitrogens with zero attached hydrogens (tertiary/aromatic N) is 2. The number of ether oxygens (including phenoxy) is 1. The number of fused-ring (bicyclic) bond motifs is 1. The average molecular weight is 393 g/mol.